The van der Waals surface area contributed by atoms with Crippen LogP contribution in [0.5, 0.6) is 0 Å². The Hall–Kier alpha value is -1.65. The third-order valence-corrected chi connectivity index (χ3v) is 0.912. The second kappa shape index (κ2) is 2.77. The maximum absolute atomic E-state index is 5.38. The van der Waals surface area contributed by atoms with Gasteiger partial charge in [-0.15, -0.1) is 0 Å². The van der Waals surface area contributed by atoms with Crippen LogP contribution >= 0.6 is 0 Å². The molecule has 0 aliphatic heterocycles. The molecular formula is C5H7N5. The van der Waals surface area contributed by atoms with E-state index in [9.17, 15) is 0 Å². The van der Waals surface area contributed by atoms with Gasteiger partial charge < -0.3 is 5.73 Å². The fraction of sp³-hybridized carbons (Fsp3) is 0. The Kier molecular flexibility index (Phi) is 1.79. The third kappa shape index (κ3) is 1.19. The second-order valence-electron chi connectivity index (χ2n) is 1.56. The fourth-order valence-electron chi connectivity index (χ4n) is 0.510. The van der Waals surface area contributed by atoms with Gasteiger partial charge in [0.05, 0.1) is 0 Å². The topological polar surface area (TPSA) is 76.2 Å². The molecule has 1 heterocycles. The van der Waals surface area contributed by atoms with Crippen molar-refractivity contribution in [2.24, 2.45) is 5.10 Å². The second-order valence-corrected chi connectivity index (χ2v) is 1.56. The zero-order valence-corrected chi connectivity index (χ0v) is 5.28. The molecule has 3 N–H and O–H groups in total. The molecule has 5 heteroatoms. The first kappa shape index (κ1) is 6.47. The summed E-state index contributed by atoms with van der Waals surface area (Å²) in [4.78, 5) is 7.60. The molecule has 0 aliphatic rings. The Labute approximate surface area is 58.0 Å². The number of rotatable bonds is 2. The van der Waals surface area contributed by atoms with Crippen LogP contribution in [0.15, 0.2) is 17.5 Å². The number of nitrogens with zero attached hydrogens (tertiary/aromatic N) is 3. The van der Waals surface area contributed by atoms with Crippen molar-refractivity contribution in [2.75, 3.05) is 11.2 Å². The third-order valence-electron chi connectivity index (χ3n) is 0.912. The van der Waals surface area contributed by atoms with Crippen LogP contribution in [-0.4, -0.2) is 16.7 Å². The van der Waals surface area contributed by atoms with Crippen molar-refractivity contribution in [1.82, 2.24) is 9.97 Å². The Morgan fingerprint density at radius 2 is 2.20 bits per heavy atom. The van der Waals surface area contributed by atoms with Gasteiger partial charge in [0, 0.05) is 19.1 Å². The predicted octanol–water partition coefficient (Wildman–Crippen LogP) is 0.0863. The standard InChI is InChI=1S/C5H7N5/c1-7-10-5-4(6)8-2-3-9-5/h2-3H,1H2,(H2,6,8)(H,9,10). The molecule has 52 valence electrons. The largest absolute Gasteiger partial charge is 0.381 e. The summed E-state index contributed by atoms with van der Waals surface area (Å²) in [7, 11) is 0. The molecular weight excluding hydrogens is 130 g/mol. The van der Waals surface area contributed by atoms with Crippen LogP contribution in [0.2, 0.25) is 0 Å². The van der Waals surface area contributed by atoms with E-state index in [1.165, 1.54) is 12.4 Å². The fourth-order valence-corrected chi connectivity index (χ4v) is 0.510. The lowest BCUT2D eigenvalue weighted by molar-refractivity contribution is 1.17. The van der Waals surface area contributed by atoms with Crippen LogP contribution in [0.3, 0.4) is 0 Å². The molecule has 0 saturated heterocycles. The van der Waals surface area contributed by atoms with Crippen molar-refractivity contribution < 1.29 is 0 Å². The van der Waals surface area contributed by atoms with Crippen LogP contribution in [0, 0.1) is 0 Å². The Morgan fingerprint density at radius 3 is 2.80 bits per heavy atom. The van der Waals surface area contributed by atoms with Gasteiger partial charge in [0.15, 0.2) is 11.6 Å². The van der Waals surface area contributed by atoms with Gasteiger partial charge in [0.2, 0.25) is 0 Å². The van der Waals surface area contributed by atoms with Crippen LogP contribution in [0.1, 0.15) is 0 Å². The van der Waals surface area contributed by atoms with Gasteiger partial charge in [-0.3, -0.25) is 5.43 Å². The summed E-state index contributed by atoms with van der Waals surface area (Å²) in [6.45, 7) is 3.21. The number of hydrogen-bond donors (Lipinski definition) is 2. The first-order chi connectivity index (χ1) is 4.84. The van der Waals surface area contributed by atoms with Gasteiger partial charge in [-0.05, 0) is 0 Å². The van der Waals surface area contributed by atoms with E-state index in [0.717, 1.165) is 0 Å². The van der Waals surface area contributed by atoms with E-state index in [-0.39, 0.29) is 0 Å². The van der Waals surface area contributed by atoms with Crippen LogP contribution < -0.4 is 11.2 Å². The molecule has 0 radical (unpaired) electrons. The van der Waals surface area contributed by atoms with Crippen LogP contribution in [0.4, 0.5) is 11.6 Å². The zero-order chi connectivity index (χ0) is 7.40. The SMILES string of the molecule is C=NNc1nccnc1N. The summed E-state index contributed by atoms with van der Waals surface area (Å²) < 4.78 is 0. The molecule has 0 spiro atoms. The number of anilines is 2. The van der Waals surface area contributed by atoms with E-state index < -0.39 is 0 Å². The van der Waals surface area contributed by atoms with Gasteiger partial charge in [-0.1, -0.05) is 0 Å². The molecule has 0 aliphatic carbocycles. The lowest BCUT2D eigenvalue weighted by Crippen LogP contribution is -1.98. The highest BCUT2D eigenvalue weighted by atomic mass is 15.3. The van der Waals surface area contributed by atoms with Gasteiger partial charge in [-0.25, -0.2) is 9.97 Å². The number of nitrogens with two attached hydrogens (primary N) is 1. The van der Waals surface area contributed by atoms with Gasteiger partial charge in [0.1, 0.15) is 0 Å². The van der Waals surface area contributed by atoms with Crippen molar-refractivity contribution in [2.45, 2.75) is 0 Å². The smallest absolute Gasteiger partial charge is 0.189 e. The zero-order valence-electron chi connectivity index (χ0n) is 5.28. The van der Waals surface area contributed by atoms with Gasteiger partial charge >= 0.3 is 0 Å². The lowest BCUT2D eigenvalue weighted by Gasteiger charge is -1.98. The minimum atomic E-state index is 0.315. The highest BCUT2D eigenvalue weighted by molar-refractivity contribution is 5.55. The Bertz CT molecular complexity index is 233. The minimum Gasteiger partial charge on any atom is -0.381 e. The monoisotopic (exact) mass is 137 g/mol. The van der Waals surface area contributed by atoms with Crippen LogP contribution in [0.25, 0.3) is 0 Å². The number of hydrazone groups is 1. The van der Waals surface area contributed by atoms with E-state index in [2.05, 4.69) is 27.2 Å². The molecule has 0 fully saturated rings. The summed E-state index contributed by atoms with van der Waals surface area (Å²) in [5, 5.41) is 3.38. The molecule has 0 saturated carbocycles. The number of nitrogens with one attached hydrogen (secondary N) is 1. The molecule has 0 unspecified atom stereocenters. The van der Waals surface area contributed by atoms with Gasteiger partial charge in [-0.2, -0.15) is 5.10 Å². The molecule has 0 atom stereocenters. The number of aromatic nitrogens is 2. The van der Waals surface area contributed by atoms with Crippen molar-refractivity contribution in [3.05, 3.63) is 12.4 Å². The van der Waals surface area contributed by atoms with Crippen molar-refractivity contribution in [1.29, 1.82) is 0 Å². The summed E-state index contributed by atoms with van der Waals surface area (Å²) in [5.74, 6) is 0.743. The minimum absolute atomic E-state index is 0.315. The average Bonchev–Trinajstić information content (AvgIpc) is 1.94. The summed E-state index contributed by atoms with van der Waals surface area (Å²) in [6, 6.07) is 0. The normalized spacial score (nSPS) is 8.80. The van der Waals surface area contributed by atoms with E-state index in [0.29, 0.717) is 11.6 Å². The first-order valence-electron chi connectivity index (χ1n) is 2.63. The number of hydrogen-bond acceptors (Lipinski definition) is 5. The summed E-state index contributed by atoms with van der Waals surface area (Å²) >= 11 is 0. The lowest BCUT2D eigenvalue weighted by atomic mass is 10.6. The quantitative estimate of drug-likeness (QED) is 0.447. The number of nitrogen functional groups attached to an aromatic ring is 1. The highest BCUT2D eigenvalue weighted by Crippen LogP contribution is 2.07. The van der Waals surface area contributed by atoms with E-state index in [4.69, 9.17) is 5.73 Å². The van der Waals surface area contributed by atoms with E-state index in [1.54, 1.807) is 0 Å². The van der Waals surface area contributed by atoms with Crippen molar-refractivity contribution in [3.63, 3.8) is 0 Å². The molecule has 1 rings (SSSR count). The summed E-state index contributed by atoms with van der Waals surface area (Å²) in [6.07, 6.45) is 3.02. The highest BCUT2D eigenvalue weighted by Gasteiger charge is 1.95. The molecule has 1 aromatic heterocycles. The van der Waals surface area contributed by atoms with Crippen LogP contribution in [-0.2, 0) is 0 Å². The average molecular weight is 137 g/mol. The van der Waals surface area contributed by atoms with E-state index >= 15 is 0 Å². The van der Waals surface area contributed by atoms with E-state index in [1.807, 2.05) is 0 Å². The molecule has 0 bridgehead atoms. The molecule has 0 amide bonds. The summed E-state index contributed by atoms with van der Waals surface area (Å²) in [5.41, 5.74) is 7.87. The molecule has 1 aromatic rings. The first-order valence-corrected chi connectivity index (χ1v) is 2.63. The molecule has 0 aromatic carbocycles. The van der Waals surface area contributed by atoms with Gasteiger partial charge in [0.25, 0.3) is 0 Å². The van der Waals surface area contributed by atoms with Crippen molar-refractivity contribution in [3.8, 4) is 0 Å². The Morgan fingerprint density at radius 1 is 1.50 bits per heavy atom. The Balaban J connectivity index is 2.91. The molecule has 5 nitrogen and oxygen atoms in total. The predicted molar refractivity (Wildman–Crippen MR) is 39.6 cm³/mol. The van der Waals surface area contributed by atoms with Crippen molar-refractivity contribution >= 4 is 18.4 Å². The maximum atomic E-state index is 5.38. The molecule has 10 heavy (non-hydrogen) atoms. The maximum Gasteiger partial charge on any atom is 0.189 e.